The summed E-state index contributed by atoms with van der Waals surface area (Å²) in [6, 6.07) is 0.412. The van der Waals surface area contributed by atoms with E-state index in [0.29, 0.717) is 0 Å². The number of amides is 1. The van der Waals surface area contributed by atoms with Gasteiger partial charge in [0.05, 0.1) is 0 Å². The van der Waals surface area contributed by atoms with E-state index < -0.39 is 0 Å². The highest BCUT2D eigenvalue weighted by Crippen LogP contribution is 2.08. The molecule has 12 heavy (non-hydrogen) atoms. The monoisotopic (exact) mass is 166 g/mol. The quantitative estimate of drug-likeness (QED) is 0.507. The number of rotatable bonds is 0. The fourth-order valence-electron chi connectivity index (χ4n) is 1.61. The molecule has 1 fully saturated rings. The van der Waals surface area contributed by atoms with Crippen molar-refractivity contribution in [2.24, 2.45) is 0 Å². The van der Waals surface area contributed by atoms with Crippen molar-refractivity contribution < 1.29 is 4.79 Å². The van der Waals surface area contributed by atoms with Gasteiger partial charge >= 0.3 is 0 Å². The Hall–Kier alpha value is -1.01. The molecule has 0 aromatic carbocycles. The van der Waals surface area contributed by atoms with Gasteiger partial charge in [-0.2, -0.15) is 0 Å². The number of nitrogens with zero attached hydrogens (tertiary/aromatic N) is 1. The highest BCUT2D eigenvalue weighted by atomic mass is 16.2. The molecule has 0 aliphatic carbocycles. The van der Waals surface area contributed by atoms with Gasteiger partial charge in [0.1, 0.15) is 0 Å². The van der Waals surface area contributed by atoms with Gasteiger partial charge in [0.15, 0.2) is 0 Å². The van der Waals surface area contributed by atoms with Crippen LogP contribution < -0.4 is 5.32 Å². The minimum absolute atomic E-state index is 0.198. The van der Waals surface area contributed by atoms with Crippen LogP contribution in [0.3, 0.4) is 0 Å². The summed E-state index contributed by atoms with van der Waals surface area (Å²) in [7, 11) is 0. The number of carbonyl (C=O) groups excluding carboxylic acids is 1. The molecule has 0 bridgehead atoms. The summed E-state index contributed by atoms with van der Waals surface area (Å²) in [5, 5.41) is 3.23. The molecule has 1 heterocycles. The molecular weight excluding hydrogens is 152 g/mol. The van der Waals surface area contributed by atoms with Crippen LogP contribution in [0.25, 0.3) is 0 Å². The SMILES string of the molecule is C#CC(=O)N1[C@H](C)CNC[C@@H]1C. The van der Waals surface area contributed by atoms with Crippen molar-refractivity contribution in [3.63, 3.8) is 0 Å². The predicted molar refractivity (Wildman–Crippen MR) is 47.5 cm³/mol. The minimum Gasteiger partial charge on any atom is -0.324 e. The Morgan fingerprint density at radius 2 is 2.00 bits per heavy atom. The van der Waals surface area contributed by atoms with Crippen LogP contribution in [0.1, 0.15) is 13.8 Å². The molecule has 0 saturated carbocycles. The highest BCUT2D eigenvalue weighted by Gasteiger charge is 2.27. The van der Waals surface area contributed by atoms with Gasteiger partial charge in [-0.05, 0) is 19.8 Å². The zero-order chi connectivity index (χ0) is 9.14. The summed E-state index contributed by atoms with van der Waals surface area (Å²) in [5.74, 6) is 1.96. The fraction of sp³-hybridized carbons (Fsp3) is 0.667. The third kappa shape index (κ3) is 1.59. The van der Waals surface area contributed by atoms with Gasteiger partial charge in [0.2, 0.25) is 0 Å². The Bertz CT molecular complexity index is 209. The lowest BCUT2D eigenvalue weighted by Gasteiger charge is -2.38. The van der Waals surface area contributed by atoms with E-state index in [9.17, 15) is 4.79 Å². The number of piperazine rings is 1. The van der Waals surface area contributed by atoms with Gasteiger partial charge in [0.25, 0.3) is 5.91 Å². The van der Waals surface area contributed by atoms with Gasteiger partial charge in [-0.25, -0.2) is 0 Å². The van der Waals surface area contributed by atoms with Gasteiger partial charge in [-0.1, -0.05) is 0 Å². The standard InChI is InChI=1S/C9H14N2O/c1-4-9(12)11-7(2)5-10-6-8(11)3/h1,7-8,10H,5-6H2,2-3H3/t7-,8+. The predicted octanol–water partition coefficient (Wildman–Crippen LogP) is -0.172. The van der Waals surface area contributed by atoms with Gasteiger partial charge in [-0.3, -0.25) is 4.79 Å². The molecule has 3 nitrogen and oxygen atoms in total. The van der Waals surface area contributed by atoms with E-state index in [0.717, 1.165) is 13.1 Å². The van der Waals surface area contributed by atoms with Crippen molar-refractivity contribution in [1.29, 1.82) is 0 Å². The number of hydrogen-bond acceptors (Lipinski definition) is 2. The summed E-state index contributed by atoms with van der Waals surface area (Å²) in [5.41, 5.74) is 0. The normalized spacial score (nSPS) is 29.6. The maximum atomic E-state index is 11.2. The second kappa shape index (κ2) is 3.59. The van der Waals surface area contributed by atoms with E-state index in [1.54, 1.807) is 4.90 Å². The molecule has 2 atom stereocenters. The molecule has 0 unspecified atom stereocenters. The summed E-state index contributed by atoms with van der Waals surface area (Å²) in [4.78, 5) is 13.0. The van der Waals surface area contributed by atoms with Crippen molar-refractivity contribution in [3.05, 3.63) is 0 Å². The average molecular weight is 166 g/mol. The molecule has 1 aliphatic heterocycles. The number of terminal acetylenes is 1. The van der Waals surface area contributed by atoms with Crippen LogP contribution in [0.4, 0.5) is 0 Å². The Morgan fingerprint density at radius 1 is 1.50 bits per heavy atom. The van der Waals surface area contributed by atoms with Crippen molar-refractivity contribution in [2.75, 3.05) is 13.1 Å². The molecule has 1 aliphatic rings. The Balaban J connectivity index is 2.70. The van der Waals surface area contributed by atoms with E-state index in [1.807, 2.05) is 13.8 Å². The molecule has 0 radical (unpaired) electrons. The van der Waals surface area contributed by atoms with E-state index in [-0.39, 0.29) is 18.0 Å². The molecule has 66 valence electrons. The van der Waals surface area contributed by atoms with Crippen LogP contribution in [0.15, 0.2) is 0 Å². The van der Waals surface area contributed by atoms with Crippen LogP contribution in [0.2, 0.25) is 0 Å². The lowest BCUT2D eigenvalue weighted by molar-refractivity contribution is -0.130. The van der Waals surface area contributed by atoms with Crippen LogP contribution in [0, 0.1) is 12.3 Å². The molecule has 1 N–H and O–H groups in total. The largest absolute Gasteiger partial charge is 0.324 e. The van der Waals surface area contributed by atoms with E-state index in [1.165, 1.54) is 0 Å². The molecule has 1 saturated heterocycles. The van der Waals surface area contributed by atoms with Crippen molar-refractivity contribution >= 4 is 5.91 Å². The number of nitrogens with one attached hydrogen (secondary N) is 1. The first kappa shape index (κ1) is 9.08. The lowest BCUT2D eigenvalue weighted by Crippen LogP contribution is -2.56. The number of hydrogen-bond donors (Lipinski definition) is 1. The smallest absolute Gasteiger partial charge is 0.298 e. The minimum atomic E-state index is -0.198. The van der Waals surface area contributed by atoms with Crippen LogP contribution in [-0.2, 0) is 4.79 Å². The molecule has 0 aromatic rings. The van der Waals surface area contributed by atoms with Crippen molar-refractivity contribution in [2.45, 2.75) is 25.9 Å². The maximum Gasteiger partial charge on any atom is 0.298 e. The van der Waals surface area contributed by atoms with Crippen LogP contribution in [-0.4, -0.2) is 36.0 Å². The Kier molecular flexibility index (Phi) is 2.72. The third-order valence-electron chi connectivity index (χ3n) is 2.19. The third-order valence-corrected chi connectivity index (χ3v) is 2.19. The average Bonchev–Trinajstić information content (AvgIpc) is 2.03. The molecule has 0 spiro atoms. The first-order valence-corrected chi connectivity index (χ1v) is 4.16. The summed E-state index contributed by atoms with van der Waals surface area (Å²) >= 11 is 0. The second-order valence-corrected chi connectivity index (χ2v) is 3.21. The van der Waals surface area contributed by atoms with E-state index in [2.05, 4.69) is 11.2 Å². The summed E-state index contributed by atoms with van der Waals surface area (Å²) in [6.45, 7) is 5.66. The first-order chi connectivity index (χ1) is 5.66. The molecule has 3 heteroatoms. The number of carbonyl (C=O) groups is 1. The zero-order valence-corrected chi connectivity index (χ0v) is 7.50. The van der Waals surface area contributed by atoms with Gasteiger partial charge in [-0.15, -0.1) is 6.42 Å². The van der Waals surface area contributed by atoms with Gasteiger partial charge in [0, 0.05) is 25.2 Å². The topological polar surface area (TPSA) is 32.3 Å². The van der Waals surface area contributed by atoms with E-state index >= 15 is 0 Å². The van der Waals surface area contributed by atoms with Crippen molar-refractivity contribution in [1.82, 2.24) is 10.2 Å². The first-order valence-electron chi connectivity index (χ1n) is 4.16. The fourth-order valence-corrected chi connectivity index (χ4v) is 1.61. The second-order valence-electron chi connectivity index (χ2n) is 3.21. The molecular formula is C9H14N2O. The van der Waals surface area contributed by atoms with E-state index in [4.69, 9.17) is 6.42 Å². The lowest BCUT2D eigenvalue weighted by atomic mass is 10.1. The Morgan fingerprint density at radius 3 is 2.42 bits per heavy atom. The maximum absolute atomic E-state index is 11.2. The molecule has 0 aromatic heterocycles. The highest BCUT2D eigenvalue weighted by molar-refractivity contribution is 5.93. The Labute approximate surface area is 73.1 Å². The zero-order valence-electron chi connectivity index (χ0n) is 7.50. The molecule has 1 rings (SSSR count). The van der Waals surface area contributed by atoms with Crippen molar-refractivity contribution in [3.8, 4) is 12.3 Å². The van der Waals surface area contributed by atoms with Crippen LogP contribution >= 0.6 is 0 Å². The van der Waals surface area contributed by atoms with Crippen LogP contribution in [0.5, 0.6) is 0 Å². The summed E-state index contributed by atoms with van der Waals surface area (Å²) < 4.78 is 0. The van der Waals surface area contributed by atoms with Gasteiger partial charge < -0.3 is 10.2 Å². The molecule has 1 amide bonds. The summed E-state index contributed by atoms with van der Waals surface area (Å²) in [6.07, 6.45) is 5.07.